The summed E-state index contributed by atoms with van der Waals surface area (Å²) in [6.45, 7) is 1.80. The van der Waals surface area contributed by atoms with Crippen LogP contribution in [0.4, 0.5) is 5.95 Å². The Morgan fingerprint density at radius 1 is 1.48 bits per heavy atom. The van der Waals surface area contributed by atoms with Crippen LogP contribution in [-0.4, -0.2) is 32.7 Å². The van der Waals surface area contributed by atoms with E-state index in [4.69, 9.17) is 4.74 Å². The van der Waals surface area contributed by atoms with Crippen molar-refractivity contribution in [1.29, 1.82) is 0 Å². The monoisotopic (exact) mass is 319 g/mol. The fourth-order valence-electron chi connectivity index (χ4n) is 2.19. The van der Waals surface area contributed by atoms with Gasteiger partial charge in [0.15, 0.2) is 0 Å². The maximum Gasteiger partial charge on any atom is 0.490 e. The van der Waals surface area contributed by atoms with Gasteiger partial charge in [0, 0.05) is 10.7 Å². The van der Waals surface area contributed by atoms with Gasteiger partial charge in [0.05, 0.1) is 13.2 Å². The highest BCUT2D eigenvalue weighted by molar-refractivity contribution is 5.76. The van der Waals surface area contributed by atoms with Crippen molar-refractivity contribution in [3.63, 3.8) is 0 Å². The van der Waals surface area contributed by atoms with Gasteiger partial charge in [-0.3, -0.25) is 4.79 Å². The number of amides is 1. The Labute approximate surface area is 132 Å². The molecule has 1 amide bonds. The number of methoxy groups -OCH3 is 1. The predicted octanol–water partition coefficient (Wildman–Crippen LogP) is 1.46. The average Bonchev–Trinajstić information content (AvgIpc) is 3.01. The Balaban J connectivity index is 2.06. The van der Waals surface area contributed by atoms with Crippen LogP contribution in [0.15, 0.2) is 30.6 Å². The number of nitro groups is 1. The summed E-state index contributed by atoms with van der Waals surface area (Å²) in [4.78, 5) is 25.5. The molecule has 0 radical (unpaired) electrons. The summed E-state index contributed by atoms with van der Waals surface area (Å²) in [6.07, 6.45) is 1.82. The van der Waals surface area contributed by atoms with E-state index in [1.165, 1.54) is 0 Å². The van der Waals surface area contributed by atoms with Gasteiger partial charge in [0.25, 0.3) is 0 Å². The number of benzene rings is 1. The first kappa shape index (κ1) is 16.4. The number of aromatic nitrogens is 3. The van der Waals surface area contributed by atoms with E-state index in [1.807, 2.05) is 31.2 Å². The largest absolute Gasteiger partial charge is 0.496 e. The normalized spacial score (nSPS) is 11.7. The topological polar surface area (TPSA) is 112 Å². The predicted molar refractivity (Wildman–Crippen MR) is 80.8 cm³/mol. The third-order valence-corrected chi connectivity index (χ3v) is 3.25. The van der Waals surface area contributed by atoms with E-state index in [9.17, 15) is 14.9 Å². The molecule has 0 saturated carbocycles. The molecule has 1 N–H and O–H groups in total. The van der Waals surface area contributed by atoms with Crippen molar-refractivity contribution in [2.45, 2.75) is 25.9 Å². The van der Waals surface area contributed by atoms with Gasteiger partial charge in [0.2, 0.25) is 12.2 Å². The fraction of sp³-hybridized carbons (Fsp3) is 0.357. The summed E-state index contributed by atoms with van der Waals surface area (Å²) in [5.41, 5.74) is 0.871. The van der Waals surface area contributed by atoms with Crippen LogP contribution in [-0.2, 0) is 11.3 Å². The van der Waals surface area contributed by atoms with E-state index < -0.39 is 10.9 Å². The summed E-state index contributed by atoms with van der Waals surface area (Å²) in [7, 11) is 1.57. The summed E-state index contributed by atoms with van der Waals surface area (Å²) in [6, 6.07) is 7.20. The highest BCUT2D eigenvalue weighted by Gasteiger charge is 2.19. The summed E-state index contributed by atoms with van der Waals surface area (Å²) in [5.74, 6) is -0.159. The van der Waals surface area contributed by atoms with E-state index in [0.29, 0.717) is 12.2 Å². The average molecular weight is 319 g/mol. The van der Waals surface area contributed by atoms with Gasteiger partial charge in [-0.1, -0.05) is 30.1 Å². The quantitative estimate of drug-likeness (QED) is 0.611. The van der Waals surface area contributed by atoms with Gasteiger partial charge in [-0.05, 0) is 17.4 Å². The highest BCUT2D eigenvalue weighted by atomic mass is 16.6. The zero-order valence-electron chi connectivity index (χ0n) is 12.8. The number of nitrogens with zero attached hydrogens (tertiary/aromatic N) is 4. The van der Waals surface area contributed by atoms with Gasteiger partial charge in [0.1, 0.15) is 12.3 Å². The standard InChI is InChI=1S/C14H17N5O4/c1-3-11(10-6-4-5-7-12(10)23-2)16-13(20)8-18-9-15-14(17-18)19(21)22/h4-7,9,11H,3,8H2,1-2H3,(H,16,20). The van der Waals surface area contributed by atoms with Gasteiger partial charge >= 0.3 is 5.95 Å². The van der Waals surface area contributed by atoms with Crippen molar-refractivity contribution >= 4 is 11.9 Å². The number of rotatable bonds is 7. The molecule has 1 aromatic carbocycles. The lowest BCUT2D eigenvalue weighted by molar-refractivity contribution is -0.394. The van der Waals surface area contributed by atoms with E-state index in [1.54, 1.807) is 7.11 Å². The molecule has 1 heterocycles. The lowest BCUT2D eigenvalue weighted by atomic mass is 10.0. The van der Waals surface area contributed by atoms with Crippen LogP contribution in [0.1, 0.15) is 24.9 Å². The van der Waals surface area contributed by atoms with E-state index in [0.717, 1.165) is 16.6 Å². The van der Waals surface area contributed by atoms with Gasteiger partial charge in [-0.15, -0.1) is 0 Å². The first-order valence-electron chi connectivity index (χ1n) is 7.01. The van der Waals surface area contributed by atoms with Crippen molar-refractivity contribution in [3.05, 3.63) is 46.3 Å². The minimum absolute atomic E-state index is 0.146. The maximum absolute atomic E-state index is 12.1. The van der Waals surface area contributed by atoms with Crippen LogP contribution < -0.4 is 10.1 Å². The summed E-state index contributed by atoms with van der Waals surface area (Å²) in [5, 5.41) is 17.0. The number of hydrogen-bond acceptors (Lipinski definition) is 6. The first-order chi connectivity index (χ1) is 11.0. The molecule has 0 saturated heterocycles. The van der Waals surface area contributed by atoms with Crippen LogP contribution in [0.25, 0.3) is 0 Å². The molecule has 0 bridgehead atoms. The van der Waals surface area contributed by atoms with Gasteiger partial charge in [-0.2, -0.15) is 4.68 Å². The van der Waals surface area contributed by atoms with Crippen molar-refractivity contribution in [2.75, 3.05) is 7.11 Å². The Morgan fingerprint density at radius 2 is 2.22 bits per heavy atom. The molecule has 0 fully saturated rings. The molecular formula is C14H17N5O4. The highest BCUT2D eigenvalue weighted by Crippen LogP contribution is 2.26. The molecule has 9 nitrogen and oxygen atoms in total. The number of carbonyl (C=O) groups is 1. The van der Waals surface area contributed by atoms with Crippen LogP contribution >= 0.6 is 0 Å². The number of hydrogen-bond donors (Lipinski definition) is 1. The molecule has 1 aromatic heterocycles. The maximum atomic E-state index is 12.1. The molecule has 1 atom stereocenters. The fourth-order valence-corrected chi connectivity index (χ4v) is 2.19. The molecule has 2 aromatic rings. The van der Waals surface area contributed by atoms with E-state index in [2.05, 4.69) is 15.4 Å². The molecule has 0 aliphatic rings. The first-order valence-corrected chi connectivity index (χ1v) is 7.01. The minimum atomic E-state index is -0.710. The van der Waals surface area contributed by atoms with Crippen molar-refractivity contribution < 1.29 is 14.5 Å². The smallest absolute Gasteiger partial charge is 0.490 e. The number of carbonyl (C=O) groups excluding carboxylic acids is 1. The van der Waals surface area contributed by atoms with Crippen LogP contribution in [0.2, 0.25) is 0 Å². The number of para-hydroxylation sites is 1. The summed E-state index contributed by atoms with van der Waals surface area (Å²) < 4.78 is 6.43. The Bertz CT molecular complexity index is 700. The van der Waals surface area contributed by atoms with Crippen molar-refractivity contribution in [2.24, 2.45) is 0 Å². The lowest BCUT2D eigenvalue weighted by Gasteiger charge is -2.19. The van der Waals surface area contributed by atoms with E-state index in [-0.39, 0.29) is 18.5 Å². The van der Waals surface area contributed by atoms with E-state index >= 15 is 0 Å². The second kappa shape index (κ2) is 7.34. The zero-order chi connectivity index (χ0) is 16.8. The molecule has 23 heavy (non-hydrogen) atoms. The second-order valence-corrected chi connectivity index (χ2v) is 4.77. The van der Waals surface area contributed by atoms with Gasteiger partial charge in [-0.25, -0.2) is 0 Å². The molecule has 2 rings (SSSR count). The number of nitrogens with one attached hydrogen (secondary N) is 1. The Kier molecular flexibility index (Phi) is 5.23. The molecule has 0 spiro atoms. The van der Waals surface area contributed by atoms with Crippen LogP contribution in [0.5, 0.6) is 5.75 Å². The number of ether oxygens (including phenoxy) is 1. The second-order valence-electron chi connectivity index (χ2n) is 4.77. The van der Waals surface area contributed by atoms with Crippen LogP contribution in [0.3, 0.4) is 0 Å². The van der Waals surface area contributed by atoms with Gasteiger partial charge < -0.3 is 20.2 Å². The third-order valence-electron chi connectivity index (χ3n) is 3.25. The molecule has 0 aliphatic heterocycles. The Morgan fingerprint density at radius 3 is 2.83 bits per heavy atom. The third kappa shape index (κ3) is 4.02. The van der Waals surface area contributed by atoms with Crippen molar-refractivity contribution in [3.8, 4) is 5.75 Å². The molecule has 9 heteroatoms. The Hall–Kier alpha value is -2.97. The minimum Gasteiger partial charge on any atom is -0.496 e. The zero-order valence-corrected chi connectivity index (χ0v) is 12.8. The molecular weight excluding hydrogens is 302 g/mol. The molecule has 122 valence electrons. The molecule has 0 aliphatic carbocycles. The lowest BCUT2D eigenvalue weighted by Crippen LogP contribution is -2.31. The summed E-state index contributed by atoms with van der Waals surface area (Å²) >= 11 is 0. The SMILES string of the molecule is CCC(NC(=O)Cn1cnc([N+](=O)[O-])n1)c1ccccc1OC. The van der Waals surface area contributed by atoms with Crippen molar-refractivity contribution in [1.82, 2.24) is 20.1 Å². The molecule has 1 unspecified atom stereocenters. The van der Waals surface area contributed by atoms with Crippen LogP contribution in [0, 0.1) is 10.1 Å².